The fourth-order valence-corrected chi connectivity index (χ4v) is 4.38. The molecule has 1 aromatic heterocycles. The first kappa shape index (κ1) is 21.6. The van der Waals surface area contributed by atoms with Gasteiger partial charge in [0, 0.05) is 24.3 Å². The van der Waals surface area contributed by atoms with Crippen molar-refractivity contribution in [3.8, 4) is 0 Å². The number of hydrogen-bond acceptors (Lipinski definition) is 3. The Balaban J connectivity index is 1.66. The van der Waals surface area contributed by atoms with Crippen molar-refractivity contribution in [3.63, 3.8) is 0 Å². The Morgan fingerprint density at radius 2 is 1.97 bits per heavy atom. The van der Waals surface area contributed by atoms with Gasteiger partial charge in [-0.3, -0.25) is 14.4 Å². The number of nitrogens with one attached hydrogen (secondary N) is 1. The maximum Gasteiger partial charge on any atom is 0.255 e. The number of hydrogen-bond donors (Lipinski definition) is 1. The van der Waals surface area contributed by atoms with Crippen LogP contribution in [0.5, 0.6) is 0 Å². The van der Waals surface area contributed by atoms with Crippen LogP contribution < -0.4 is 5.32 Å². The Morgan fingerprint density at radius 1 is 1.24 bits per heavy atom. The van der Waals surface area contributed by atoms with Gasteiger partial charge in [-0.2, -0.15) is 5.10 Å². The Labute approximate surface area is 175 Å². The van der Waals surface area contributed by atoms with Gasteiger partial charge in [0.25, 0.3) is 5.91 Å². The molecule has 5 nitrogen and oxygen atoms in total. The SMILES string of the molecule is CCC1CCCN(C(C)(C)CNC(=O)c2c(C)nn(Cc3ccccc3)c2C)C1. The van der Waals surface area contributed by atoms with Crippen molar-refractivity contribution < 1.29 is 4.79 Å². The van der Waals surface area contributed by atoms with Gasteiger partial charge in [0.2, 0.25) is 0 Å². The van der Waals surface area contributed by atoms with E-state index >= 15 is 0 Å². The summed E-state index contributed by atoms with van der Waals surface area (Å²) in [5.41, 5.74) is 3.55. The molecule has 5 heteroatoms. The van der Waals surface area contributed by atoms with Crippen molar-refractivity contribution in [2.24, 2.45) is 5.92 Å². The van der Waals surface area contributed by atoms with Gasteiger partial charge < -0.3 is 5.32 Å². The summed E-state index contributed by atoms with van der Waals surface area (Å²) in [6.45, 7) is 14.2. The average Bonchev–Trinajstić information content (AvgIpc) is 3.00. The molecule has 0 bridgehead atoms. The Hall–Kier alpha value is -2.14. The lowest BCUT2D eigenvalue weighted by Crippen LogP contribution is -2.54. The molecule has 1 amide bonds. The second-order valence-corrected chi connectivity index (χ2v) is 9.05. The predicted octanol–water partition coefficient (Wildman–Crippen LogP) is 4.18. The molecule has 1 aromatic carbocycles. The van der Waals surface area contributed by atoms with Crippen molar-refractivity contribution in [2.45, 2.75) is 66.0 Å². The molecular formula is C24H36N4O. The van der Waals surface area contributed by atoms with E-state index in [1.165, 1.54) is 24.8 Å². The Bertz CT molecular complexity index is 825. The van der Waals surface area contributed by atoms with Crippen LogP contribution in [0.1, 0.15) is 67.3 Å². The molecular weight excluding hydrogens is 360 g/mol. The van der Waals surface area contributed by atoms with E-state index in [1.54, 1.807) is 0 Å². The largest absolute Gasteiger partial charge is 0.350 e. The van der Waals surface area contributed by atoms with E-state index in [0.29, 0.717) is 18.7 Å². The molecule has 158 valence electrons. The summed E-state index contributed by atoms with van der Waals surface area (Å²) in [6.07, 6.45) is 3.81. The monoisotopic (exact) mass is 396 g/mol. The summed E-state index contributed by atoms with van der Waals surface area (Å²) < 4.78 is 1.93. The fourth-order valence-electron chi connectivity index (χ4n) is 4.38. The zero-order chi connectivity index (χ0) is 21.0. The summed E-state index contributed by atoms with van der Waals surface area (Å²) in [7, 11) is 0. The minimum absolute atomic E-state index is 0.0172. The lowest BCUT2D eigenvalue weighted by molar-refractivity contribution is 0.0611. The highest BCUT2D eigenvalue weighted by Crippen LogP contribution is 2.25. The van der Waals surface area contributed by atoms with Gasteiger partial charge in [0.1, 0.15) is 0 Å². The highest BCUT2D eigenvalue weighted by Gasteiger charge is 2.31. The van der Waals surface area contributed by atoms with Crippen molar-refractivity contribution in [1.29, 1.82) is 0 Å². The van der Waals surface area contributed by atoms with E-state index in [9.17, 15) is 4.79 Å². The topological polar surface area (TPSA) is 50.2 Å². The van der Waals surface area contributed by atoms with Crippen LogP contribution in [-0.2, 0) is 6.54 Å². The molecule has 1 unspecified atom stereocenters. The van der Waals surface area contributed by atoms with Crippen LogP contribution in [-0.4, -0.2) is 45.8 Å². The lowest BCUT2D eigenvalue weighted by Gasteiger charge is -2.43. The number of aromatic nitrogens is 2. The first-order valence-corrected chi connectivity index (χ1v) is 10.9. The number of carbonyl (C=O) groups excluding carboxylic acids is 1. The lowest BCUT2D eigenvalue weighted by atomic mass is 9.91. The quantitative estimate of drug-likeness (QED) is 0.764. The smallest absolute Gasteiger partial charge is 0.255 e. The van der Waals surface area contributed by atoms with Crippen molar-refractivity contribution in [1.82, 2.24) is 20.0 Å². The van der Waals surface area contributed by atoms with Gasteiger partial charge in [0.15, 0.2) is 0 Å². The number of likely N-dealkylation sites (tertiary alicyclic amines) is 1. The van der Waals surface area contributed by atoms with Crippen LogP contribution in [0, 0.1) is 19.8 Å². The van der Waals surface area contributed by atoms with Gasteiger partial charge >= 0.3 is 0 Å². The number of piperidine rings is 1. The van der Waals surface area contributed by atoms with E-state index in [0.717, 1.165) is 30.4 Å². The number of benzene rings is 1. The summed E-state index contributed by atoms with van der Waals surface area (Å²) in [6, 6.07) is 10.2. The molecule has 1 N–H and O–H groups in total. The molecule has 0 spiro atoms. The zero-order valence-corrected chi connectivity index (χ0v) is 18.7. The molecule has 3 rings (SSSR count). The molecule has 29 heavy (non-hydrogen) atoms. The van der Waals surface area contributed by atoms with Crippen LogP contribution >= 0.6 is 0 Å². The molecule has 2 aromatic rings. The van der Waals surface area contributed by atoms with Gasteiger partial charge in [-0.15, -0.1) is 0 Å². The van der Waals surface area contributed by atoms with E-state index in [-0.39, 0.29) is 11.4 Å². The molecule has 1 saturated heterocycles. The normalized spacial score (nSPS) is 18.0. The van der Waals surface area contributed by atoms with Gasteiger partial charge in [-0.05, 0) is 58.6 Å². The maximum atomic E-state index is 13.0. The Morgan fingerprint density at radius 3 is 2.66 bits per heavy atom. The van der Waals surface area contributed by atoms with Crippen molar-refractivity contribution in [3.05, 3.63) is 52.8 Å². The minimum Gasteiger partial charge on any atom is -0.350 e. The standard InChI is InChI=1S/C24H36N4O/c1-6-20-13-10-14-27(15-20)24(4,5)17-25-23(29)22-18(2)26-28(19(22)3)16-21-11-8-7-9-12-21/h7-9,11-12,20H,6,10,13-17H2,1-5H3,(H,25,29). The molecule has 1 fully saturated rings. The van der Waals surface area contributed by atoms with Crippen LogP contribution in [0.2, 0.25) is 0 Å². The van der Waals surface area contributed by atoms with Gasteiger partial charge in [0.05, 0.1) is 17.8 Å². The van der Waals surface area contributed by atoms with Gasteiger partial charge in [-0.1, -0.05) is 43.7 Å². The second kappa shape index (κ2) is 9.12. The maximum absolute atomic E-state index is 13.0. The summed E-state index contributed by atoms with van der Waals surface area (Å²) in [5, 5.41) is 7.82. The molecule has 0 radical (unpaired) electrons. The third-order valence-electron chi connectivity index (χ3n) is 6.42. The zero-order valence-electron chi connectivity index (χ0n) is 18.7. The number of aryl methyl sites for hydroxylation is 1. The van der Waals surface area contributed by atoms with Crippen molar-refractivity contribution in [2.75, 3.05) is 19.6 Å². The first-order chi connectivity index (χ1) is 13.8. The molecule has 0 saturated carbocycles. The van der Waals surface area contributed by atoms with Crippen LogP contribution in [0.4, 0.5) is 0 Å². The van der Waals surface area contributed by atoms with Crippen LogP contribution in [0.25, 0.3) is 0 Å². The summed E-state index contributed by atoms with van der Waals surface area (Å²) >= 11 is 0. The number of amides is 1. The second-order valence-electron chi connectivity index (χ2n) is 9.05. The average molecular weight is 397 g/mol. The summed E-state index contributed by atoms with van der Waals surface area (Å²) in [5.74, 6) is 0.760. The van der Waals surface area contributed by atoms with Crippen molar-refractivity contribution >= 4 is 5.91 Å². The van der Waals surface area contributed by atoms with E-state index in [1.807, 2.05) is 36.7 Å². The summed E-state index contributed by atoms with van der Waals surface area (Å²) in [4.78, 5) is 15.6. The highest BCUT2D eigenvalue weighted by atomic mass is 16.1. The minimum atomic E-state index is -0.0503. The molecule has 0 aliphatic carbocycles. The van der Waals surface area contributed by atoms with E-state index in [2.05, 4.69) is 48.2 Å². The predicted molar refractivity (Wildman–Crippen MR) is 118 cm³/mol. The first-order valence-electron chi connectivity index (χ1n) is 10.9. The fraction of sp³-hybridized carbons (Fsp3) is 0.583. The van der Waals surface area contributed by atoms with E-state index in [4.69, 9.17) is 0 Å². The molecule has 1 aliphatic heterocycles. The molecule has 1 atom stereocenters. The van der Waals surface area contributed by atoms with Crippen LogP contribution in [0.3, 0.4) is 0 Å². The van der Waals surface area contributed by atoms with E-state index < -0.39 is 0 Å². The third kappa shape index (κ3) is 5.08. The van der Waals surface area contributed by atoms with Gasteiger partial charge in [-0.25, -0.2) is 0 Å². The molecule has 1 aliphatic rings. The molecule has 2 heterocycles. The highest BCUT2D eigenvalue weighted by molar-refractivity contribution is 5.96. The number of carbonyl (C=O) groups is 1. The number of rotatable bonds is 7. The van der Waals surface area contributed by atoms with Crippen LogP contribution in [0.15, 0.2) is 30.3 Å². The number of nitrogens with zero attached hydrogens (tertiary/aromatic N) is 3. The third-order valence-corrected chi connectivity index (χ3v) is 6.42. The Kier molecular flexibility index (Phi) is 6.78.